The third kappa shape index (κ3) is 5.52. The Labute approximate surface area is 128 Å². The zero-order valence-corrected chi connectivity index (χ0v) is 13.5. The van der Waals surface area contributed by atoms with Gasteiger partial charge < -0.3 is 14.0 Å². The molecule has 22 heavy (non-hydrogen) atoms. The van der Waals surface area contributed by atoms with Crippen molar-refractivity contribution in [1.82, 2.24) is 0 Å². The first-order chi connectivity index (χ1) is 10.1. The van der Waals surface area contributed by atoms with Crippen LogP contribution in [0.1, 0.15) is 32.4 Å². The lowest BCUT2D eigenvalue weighted by molar-refractivity contribution is -0.143. The molecule has 0 aliphatic heterocycles. The Morgan fingerprint density at radius 3 is 2.55 bits per heavy atom. The molecule has 0 aromatic heterocycles. The minimum atomic E-state index is -4.74. The average molecular weight is 330 g/mol. The molecule has 7 nitrogen and oxygen atoms in total. The van der Waals surface area contributed by atoms with Gasteiger partial charge in [0.15, 0.2) is 0 Å². The number of ether oxygens (including phenoxy) is 2. The van der Waals surface area contributed by atoms with Crippen molar-refractivity contribution >= 4 is 13.8 Å². The number of hydrogen-bond acceptors (Lipinski definition) is 5. The molecule has 0 aliphatic carbocycles. The summed E-state index contributed by atoms with van der Waals surface area (Å²) in [5.74, 6) is -0.232. The van der Waals surface area contributed by atoms with E-state index in [-0.39, 0.29) is 16.9 Å². The molecule has 0 radical (unpaired) electrons. The lowest BCUT2D eigenvalue weighted by Crippen LogP contribution is -2.10. The van der Waals surface area contributed by atoms with Crippen LogP contribution in [0.25, 0.3) is 0 Å². The lowest BCUT2D eigenvalue weighted by Gasteiger charge is -2.19. The predicted molar refractivity (Wildman–Crippen MR) is 79.6 cm³/mol. The Morgan fingerprint density at radius 1 is 1.41 bits per heavy atom. The molecule has 0 heterocycles. The van der Waals surface area contributed by atoms with Crippen molar-refractivity contribution in [2.24, 2.45) is 0 Å². The number of hydrogen-bond donors (Lipinski definition) is 2. The quantitative estimate of drug-likeness (QED) is 0.450. The summed E-state index contributed by atoms with van der Waals surface area (Å²) in [5.41, 5.74) is 0.495. The summed E-state index contributed by atoms with van der Waals surface area (Å²) in [7, 11) is -4.74. The van der Waals surface area contributed by atoms with Crippen LogP contribution < -0.4 is 9.26 Å². The lowest BCUT2D eigenvalue weighted by atomic mass is 10.1. The van der Waals surface area contributed by atoms with Crippen molar-refractivity contribution in [3.05, 3.63) is 35.9 Å². The molecule has 0 saturated carbocycles. The van der Waals surface area contributed by atoms with Crippen molar-refractivity contribution in [3.8, 4) is 11.5 Å². The van der Waals surface area contributed by atoms with Gasteiger partial charge in [0.1, 0.15) is 17.6 Å². The van der Waals surface area contributed by atoms with Gasteiger partial charge in [-0.25, -0.2) is 9.36 Å². The molecular formula is C14H19O7P. The van der Waals surface area contributed by atoms with E-state index in [2.05, 4.69) is 11.1 Å². The minimum Gasteiger partial charge on any atom is -0.494 e. The van der Waals surface area contributed by atoms with Gasteiger partial charge in [-0.05, 0) is 39.0 Å². The van der Waals surface area contributed by atoms with Gasteiger partial charge in [-0.1, -0.05) is 6.58 Å². The molecule has 1 aromatic rings. The molecule has 122 valence electrons. The van der Waals surface area contributed by atoms with Crippen molar-refractivity contribution < 1.29 is 33.1 Å². The SMILES string of the molecule is C=C(C)C(=O)OC(C)c1cc(OCC)ccc1OP(=O)(O)O. The molecule has 8 heteroatoms. The molecule has 0 amide bonds. The fraction of sp³-hybridized carbons (Fsp3) is 0.357. The second-order valence-electron chi connectivity index (χ2n) is 4.54. The van der Waals surface area contributed by atoms with E-state index in [0.717, 1.165) is 0 Å². The van der Waals surface area contributed by atoms with Gasteiger partial charge in [0, 0.05) is 11.1 Å². The highest BCUT2D eigenvalue weighted by atomic mass is 31.2. The third-order valence-corrected chi connectivity index (χ3v) is 3.01. The van der Waals surface area contributed by atoms with Crippen LogP contribution in [0, 0.1) is 0 Å². The Hall–Kier alpha value is -1.82. The maximum Gasteiger partial charge on any atom is 0.524 e. The number of phosphoric acid groups is 1. The van der Waals surface area contributed by atoms with Crippen molar-refractivity contribution in [2.75, 3.05) is 6.61 Å². The van der Waals surface area contributed by atoms with E-state index >= 15 is 0 Å². The first-order valence-corrected chi connectivity index (χ1v) is 8.05. The van der Waals surface area contributed by atoms with Crippen LogP contribution in [0.3, 0.4) is 0 Å². The second-order valence-corrected chi connectivity index (χ2v) is 5.71. The monoisotopic (exact) mass is 330 g/mol. The second kappa shape index (κ2) is 7.45. The average Bonchev–Trinajstić information content (AvgIpc) is 2.38. The molecule has 2 N–H and O–H groups in total. The maximum absolute atomic E-state index is 11.6. The van der Waals surface area contributed by atoms with E-state index in [1.807, 2.05) is 0 Å². The zero-order valence-electron chi connectivity index (χ0n) is 12.6. The Morgan fingerprint density at radius 2 is 2.05 bits per heavy atom. The van der Waals surface area contributed by atoms with Crippen molar-refractivity contribution in [3.63, 3.8) is 0 Å². The summed E-state index contributed by atoms with van der Waals surface area (Å²) >= 11 is 0. The van der Waals surface area contributed by atoms with Gasteiger partial charge in [0.2, 0.25) is 0 Å². The first-order valence-electron chi connectivity index (χ1n) is 6.52. The predicted octanol–water partition coefficient (Wildman–Crippen LogP) is 2.74. The van der Waals surface area contributed by atoms with E-state index in [1.165, 1.54) is 25.1 Å². The summed E-state index contributed by atoms with van der Waals surface area (Å²) in [4.78, 5) is 29.5. The van der Waals surface area contributed by atoms with E-state index in [1.54, 1.807) is 13.8 Å². The topological polar surface area (TPSA) is 102 Å². The van der Waals surface area contributed by atoms with Crippen LogP contribution in [0.2, 0.25) is 0 Å². The molecule has 0 bridgehead atoms. The number of carbonyl (C=O) groups is 1. The largest absolute Gasteiger partial charge is 0.524 e. The molecule has 0 saturated heterocycles. The third-order valence-electron chi connectivity index (χ3n) is 2.58. The van der Waals surface area contributed by atoms with Gasteiger partial charge in [-0.3, -0.25) is 9.79 Å². The molecule has 0 fully saturated rings. The van der Waals surface area contributed by atoms with E-state index in [0.29, 0.717) is 12.4 Å². The summed E-state index contributed by atoms with van der Waals surface area (Å²) in [5, 5.41) is 0. The highest BCUT2D eigenvalue weighted by Gasteiger charge is 2.23. The highest BCUT2D eigenvalue weighted by molar-refractivity contribution is 7.46. The smallest absolute Gasteiger partial charge is 0.494 e. The zero-order chi connectivity index (χ0) is 16.9. The van der Waals surface area contributed by atoms with Crippen LogP contribution >= 0.6 is 7.82 Å². The Kier molecular flexibility index (Phi) is 6.17. The standard InChI is InChI=1S/C14H19O7P/c1-5-19-11-6-7-13(21-22(16,17)18)12(8-11)10(4)20-14(15)9(2)3/h6-8,10H,2,5H2,1,3-4H3,(H2,16,17,18). The highest BCUT2D eigenvalue weighted by Crippen LogP contribution is 2.42. The Bertz CT molecular complexity index is 605. The molecule has 1 unspecified atom stereocenters. The first kappa shape index (κ1) is 18.2. The molecule has 0 spiro atoms. The van der Waals surface area contributed by atoms with Gasteiger partial charge >= 0.3 is 13.8 Å². The molecule has 0 aliphatic rings. The van der Waals surface area contributed by atoms with Crippen LogP contribution in [0.5, 0.6) is 11.5 Å². The van der Waals surface area contributed by atoms with Gasteiger partial charge in [-0.15, -0.1) is 0 Å². The minimum absolute atomic E-state index is 0.0844. The van der Waals surface area contributed by atoms with Crippen LogP contribution in [-0.4, -0.2) is 22.4 Å². The van der Waals surface area contributed by atoms with Crippen LogP contribution in [0.4, 0.5) is 0 Å². The van der Waals surface area contributed by atoms with Gasteiger partial charge in [-0.2, -0.15) is 0 Å². The number of esters is 1. The maximum atomic E-state index is 11.6. The molecule has 1 aromatic carbocycles. The summed E-state index contributed by atoms with van der Waals surface area (Å²) in [6.07, 6.45) is -0.800. The molecular weight excluding hydrogens is 311 g/mol. The fourth-order valence-electron chi connectivity index (χ4n) is 1.64. The summed E-state index contributed by atoms with van der Waals surface area (Å²) in [6, 6.07) is 4.36. The van der Waals surface area contributed by atoms with Gasteiger partial charge in [0.05, 0.1) is 6.61 Å². The number of rotatable bonds is 7. The normalized spacial score (nSPS) is 12.4. The van der Waals surface area contributed by atoms with Crippen molar-refractivity contribution in [1.29, 1.82) is 0 Å². The molecule has 1 rings (SSSR count). The van der Waals surface area contributed by atoms with Crippen molar-refractivity contribution in [2.45, 2.75) is 26.9 Å². The summed E-state index contributed by atoms with van der Waals surface area (Å²) < 4.78 is 26.1. The summed E-state index contributed by atoms with van der Waals surface area (Å²) in [6.45, 7) is 8.74. The fourth-order valence-corrected chi connectivity index (χ4v) is 2.06. The van der Waals surface area contributed by atoms with E-state index in [4.69, 9.17) is 19.3 Å². The number of phosphoric ester groups is 1. The van der Waals surface area contributed by atoms with Gasteiger partial charge in [0.25, 0.3) is 0 Å². The van der Waals surface area contributed by atoms with Crippen LogP contribution in [0.15, 0.2) is 30.4 Å². The molecule has 1 atom stereocenters. The van der Waals surface area contributed by atoms with E-state index in [9.17, 15) is 9.36 Å². The Balaban J connectivity index is 3.15. The van der Waals surface area contributed by atoms with Crippen LogP contribution in [-0.2, 0) is 14.1 Å². The number of benzene rings is 1. The number of carbonyl (C=O) groups excluding carboxylic acids is 1. The van der Waals surface area contributed by atoms with E-state index < -0.39 is 19.9 Å².